The maximum Gasteiger partial charge on any atom is 0.0563 e. The summed E-state index contributed by atoms with van der Waals surface area (Å²) >= 11 is 0. The Balaban J connectivity index is 2.35. The van der Waals surface area contributed by atoms with Gasteiger partial charge in [0.15, 0.2) is 0 Å². The molecule has 1 aliphatic heterocycles. The number of aryl methyl sites for hydroxylation is 1. The fourth-order valence-corrected chi connectivity index (χ4v) is 1.63. The topological polar surface area (TPSA) is 24.9 Å². The van der Waals surface area contributed by atoms with Gasteiger partial charge in [0.2, 0.25) is 0 Å². The highest BCUT2D eigenvalue weighted by molar-refractivity contribution is 5.52. The second-order valence-electron chi connectivity index (χ2n) is 4.04. The van der Waals surface area contributed by atoms with Crippen molar-refractivity contribution >= 4 is 5.69 Å². The van der Waals surface area contributed by atoms with E-state index in [4.69, 9.17) is 0 Å². The van der Waals surface area contributed by atoms with Gasteiger partial charge in [0.25, 0.3) is 0 Å². The van der Waals surface area contributed by atoms with Crippen molar-refractivity contribution in [3.8, 4) is 0 Å². The fourth-order valence-electron chi connectivity index (χ4n) is 1.63. The molecule has 0 atom stereocenters. The second-order valence-corrected chi connectivity index (χ2v) is 4.04. The van der Waals surface area contributed by atoms with Crippen LogP contribution in [-0.2, 0) is 6.42 Å². The van der Waals surface area contributed by atoms with Gasteiger partial charge in [0.1, 0.15) is 0 Å². The maximum atomic E-state index is 4.10. The zero-order chi connectivity index (χ0) is 8.60. The fraction of sp³-hybridized carbons (Fsp3) is 0.500. The molecule has 0 saturated carbocycles. The molecule has 2 rings (SSSR count). The van der Waals surface area contributed by atoms with Crippen LogP contribution in [0.4, 0.5) is 5.69 Å². The first-order valence-electron chi connectivity index (χ1n) is 4.38. The third-order valence-electron chi connectivity index (χ3n) is 2.40. The molecule has 12 heavy (non-hydrogen) atoms. The minimum atomic E-state index is 0.232. The Kier molecular flexibility index (Phi) is 1.56. The first-order chi connectivity index (χ1) is 5.67. The summed E-state index contributed by atoms with van der Waals surface area (Å²) < 4.78 is 0. The predicted molar refractivity (Wildman–Crippen MR) is 50.3 cm³/mol. The molecular weight excluding hydrogens is 148 g/mol. The zero-order valence-corrected chi connectivity index (χ0v) is 7.59. The number of fused-ring (bicyclic) bond motifs is 1. The van der Waals surface area contributed by atoms with Crippen molar-refractivity contribution in [3.05, 3.63) is 24.0 Å². The van der Waals surface area contributed by atoms with Gasteiger partial charge in [-0.1, -0.05) is 0 Å². The summed E-state index contributed by atoms with van der Waals surface area (Å²) in [6.07, 6.45) is 6.14. The molecule has 0 unspecified atom stereocenters. The lowest BCUT2D eigenvalue weighted by Gasteiger charge is -2.33. The number of hydrogen-bond acceptors (Lipinski definition) is 2. The Hall–Kier alpha value is -1.05. The highest BCUT2D eigenvalue weighted by Gasteiger charge is 2.23. The Morgan fingerprint density at radius 2 is 2.33 bits per heavy atom. The number of pyridine rings is 1. The number of aromatic nitrogens is 1. The van der Waals surface area contributed by atoms with Gasteiger partial charge in [-0.05, 0) is 38.3 Å². The van der Waals surface area contributed by atoms with Crippen molar-refractivity contribution in [3.63, 3.8) is 0 Å². The van der Waals surface area contributed by atoms with E-state index in [2.05, 4.69) is 30.2 Å². The monoisotopic (exact) mass is 162 g/mol. The lowest BCUT2D eigenvalue weighted by molar-refractivity contribution is 0.501. The van der Waals surface area contributed by atoms with Crippen LogP contribution in [0.3, 0.4) is 0 Å². The van der Waals surface area contributed by atoms with Crippen molar-refractivity contribution in [1.29, 1.82) is 0 Å². The summed E-state index contributed by atoms with van der Waals surface area (Å²) in [4.78, 5) is 4.10. The van der Waals surface area contributed by atoms with Crippen LogP contribution in [0.15, 0.2) is 18.5 Å². The minimum Gasteiger partial charge on any atom is -0.379 e. The van der Waals surface area contributed by atoms with Crippen molar-refractivity contribution in [2.45, 2.75) is 32.2 Å². The van der Waals surface area contributed by atoms with Crippen molar-refractivity contribution in [2.24, 2.45) is 0 Å². The SMILES string of the molecule is CC1(C)CCc2ccncc2N1. The van der Waals surface area contributed by atoms with E-state index in [1.807, 2.05) is 12.4 Å². The van der Waals surface area contributed by atoms with Crippen molar-refractivity contribution in [1.82, 2.24) is 4.98 Å². The Morgan fingerprint density at radius 1 is 1.50 bits per heavy atom. The van der Waals surface area contributed by atoms with Crippen LogP contribution in [0, 0.1) is 0 Å². The first-order valence-corrected chi connectivity index (χ1v) is 4.38. The Bertz CT molecular complexity index is 292. The van der Waals surface area contributed by atoms with Crippen LogP contribution in [-0.4, -0.2) is 10.5 Å². The molecule has 2 nitrogen and oxygen atoms in total. The van der Waals surface area contributed by atoms with E-state index < -0.39 is 0 Å². The third-order valence-corrected chi connectivity index (χ3v) is 2.40. The molecule has 0 radical (unpaired) electrons. The van der Waals surface area contributed by atoms with Crippen LogP contribution in [0.1, 0.15) is 25.8 Å². The molecule has 1 N–H and O–H groups in total. The molecule has 1 aromatic rings. The molecule has 0 amide bonds. The van der Waals surface area contributed by atoms with Crippen LogP contribution in [0.5, 0.6) is 0 Å². The van der Waals surface area contributed by atoms with Crippen molar-refractivity contribution < 1.29 is 0 Å². The van der Waals surface area contributed by atoms with Gasteiger partial charge >= 0.3 is 0 Å². The molecule has 1 aromatic heterocycles. The highest BCUT2D eigenvalue weighted by Crippen LogP contribution is 2.28. The van der Waals surface area contributed by atoms with E-state index >= 15 is 0 Å². The van der Waals surface area contributed by atoms with E-state index in [0.717, 1.165) is 6.42 Å². The average Bonchev–Trinajstić information content (AvgIpc) is 2.02. The van der Waals surface area contributed by atoms with E-state index in [0.29, 0.717) is 0 Å². The van der Waals surface area contributed by atoms with E-state index in [1.165, 1.54) is 17.7 Å². The number of hydrogen-bond donors (Lipinski definition) is 1. The number of nitrogens with one attached hydrogen (secondary N) is 1. The summed E-state index contributed by atoms with van der Waals surface area (Å²) in [6, 6.07) is 2.09. The number of nitrogens with zero attached hydrogens (tertiary/aromatic N) is 1. The molecule has 2 heterocycles. The highest BCUT2D eigenvalue weighted by atomic mass is 15.0. The Labute approximate surface area is 73.0 Å². The van der Waals surface area contributed by atoms with E-state index in [-0.39, 0.29) is 5.54 Å². The van der Waals surface area contributed by atoms with Crippen LogP contribution < -0.4 is 5.32 Å². The number of anilines is 1. The standard InChI is InChI=1S/C10H14N2/c1-10(2)5-3-8-4-6-11-7-9(8)12-10/h4,6-7,12H,3,5H2,1-2H3. The molecule has 0 aliphatic carbocycles. The van der Waals surface area contributed by atoms with E-state index in [9.17, 15) is 0 Å². The predicted octanol–water partition coefficient (Wildman–Crippen LogP) is 2.22. The summed E-state index contributed by atoms with van der Waals surface area (Å²) in [7, 11) is 0. The summed E-state index contributed by atoms with van der Waals surface area (Å²) in [5, 5.41) is 3.47. The van der Waals surface area contributed by atoms with E-state index in [1.54, 1.807) is 0 Å². The second kappa shape index (κ2) is 2.47. The molecule has 0 saturated heterocycles. The van der Waals surface area contributed by atoms with Gasteiger partial charge in [0, 0.05) is 11.7 Å². The molecule has 2 heteroatoms. The molecule has 1 aliphatic rings. The van der Waals surface area contributed by atoms with Gasteiger partial charge in [-0.2, -0.15) is 0 Å². The maximum absolute atomic E-state index is 4.10. The molecule has 0 bridgehead atoms. The van der Waals surface area contributed by atoms with Gasteiger partial charge in [-0.3, -0.25) is 4.98 Å². The lowest BCUT2D eigenvalue weighted by Crippen LogP contribution is -2.35. The van der Waals surface area contributed by atoms with Crippen LogP contribution in [0.25, 0.3) is 0 Å². The van der Waals surface area contributed by atoms with Crippen LogP contribution in [0.2, 0.25) is 0 Å². The summed E-state index contributed by atoms with van der Waals surface area (Å²) in [5.41, 5.74) is 2.83. The molecule has 64 valence electrons. The van der Waals surface area contributed by atoms with Gasteiger partial charge in [-0.15, -0.1) is 0 Å². The summed E-state index contributed by atoms with van der Waals surface area (Å²) in [6.45, 7) is 4.45. The first kappa shape index (κ1) is 7.59. The molecule has 0 aromatic carbocycles. The molecular formula is C10H14N2. The number of rotatable bonds is 0. The Morgan fingerprint density at radius 3 is 3.17 bits per heavy atom. The lowest BCUT2D eigenvalue weighted by atomic mass is 9.90. The average molecular weight is 162 g/mol. The largest absolute Gasteiger partial charge is 0.379 e. The van der Waals surface area contributed by atoms with Crippen LogP contribution >= 0.6 is 0 Å². The molecule has 0 fully saturated rings. The quantitative estimate of drug-likeness (QED) is 0.632. The normalized spacial score (nSPS) is 19.5. The zero-order valence-electron chi connectivity index (χ0n) is 7.59. The van der Waals surface area contributed by atoms with Gasteiger partial charge < -0.3 is 5.32 Å². The third kappa shape index (κ3) is 1.29. The van der Waals surface area contributed by atoms with Crippen molar-refractivity contribution in [2.75, 3.05) is 5.32 Å². The van der Waals surface area contributed by atoms with Gasteiger partial charge in [0.05, 0.1) is 11.9 Å². The minimum absolute atomic E-state index is 0.232. The summed E-state index contributed by atoms with van der Waals surface area (Å²) in [5.74, 6) is 0. The molecule has 0 spiro atoms. The smallest absolute Gasteiger partial charge is 0.0563 e. The van der Waals surface area contributed by atoms with Gasteiger partial charge in [-0.25, -0.2) is 0 Å².